The minimum absolute atomic E-state index is 0.189. The summed E-state index contributed by atoms with van der Waals surface area (Å²) in [6, 6.07) is 8.65. The molecule has 4 heteroatoms. The molecule has 1 heterocycles. The molecule has 20 heavy (non-hydrogen) atoms. The zero-order valence-electron chi connectivity index (χ0n) is 12.3. The fraction of sp³-hybridized carbons (Fsp3) is 0.562. The molecule has 1 aromatic rings. The van der Waals surface area contributed by atoms with Crippen LogP contribution >= 0.6 is 0 Å². The number of ether oxygens (including phenoxy) is 2. The summed E-state index contributed by atoms with van der Waals surface area (Å²) in [5.41, 5.74) is 2.25. The third kappa shape index (κ3) is 4.05. The van der Waals surface area contributed by atoms with E-state index in [4.69, 9.17) is 9.47 Å². The predicted octanol–water partition coefficient (Wildman–Crippen LogP) is 2.01. The molecule has 1 saturated heterocycles. The fourth-order valence-corrected chi connectivity index (χ4v) is 2.64. The molecule has 1 aromatic carbocycles. The second-order valence-corrected chi connectivity index (χ2v) is 5.28. The molecule has 4 nitrogen and oxygen atoms in total. The summed E-state index contributed by atoms with van der Waals surface area (Å²) in [6.45, 7) is 2.55. The van der Waals surface area contributed by atoms with E-state index in [-0.39, 0.29) is 5.97 Å². The summed E-state index contributed by atoms with van der Waals surface area (Å²) in [6.07, 6.45) is 2.50. The molecule has 110 valence electrons. The van der Waals surface area contributed by atoms with Crippen LogP contribution in [0.4, 0.5) is 0 Å². The Balaban J connectivity index is 2.02. The Bertz CT molecular complexity index is 441. The van der Waals surface area contributed by atoms with Crippen LogP contribution in [0.5, 0.6) is 0 Å². The van der Waals surface area contributed by atoms with E-state index >= 15 is 0 Å². The van der Waals surface area contributed by atoms with Crippen LogP contribution in [0.1, 0.15) is 24.0 Å². The van der Waals surface area contributed by atoms with E-state index in [0.717, 1.165) is 38.2 Å². The van der Waals surface area contributed by atoms with E-state index < -0.39 is 0 Å². The van der Waals surface area contributed by atoms with E-state index in [1.807, 2.05) is 18.2 Å². The minimum Gasteiger partial charge on any atom is -0.469 e. The van der Waals surface area contributed by atoms with E-state index in [9.17, 15) is 4.79 Å². The number of hydrogen-bond donors (Lipinski definition) is 0. The van der Waals surface area contributed by atoms with Gasteiger partial charge in [-0.05, 0) is 31.0 Å². The average Bonchev–Trinajstić information content (AvgIpc) is 2.50. The quantitative estimate of drug-likeness (QED) is 0.772. The Kier molecular flexibility index (Phi) is 5.56. The molecule has 1 fully saturated rings. The predicted molar refractivity (Wildman–Crippen MR) is 77.5 cm³/mol. The van der Waals surface area contributed by atoms with Gasteiger partial charge in [0.15, 0.2) is 0 Å². The van der Waals surface area contributed by atoms with Gasteiger partial charge < -0.3 is 9.47 Å². The molecule has 0 atom stereocenters. The zero-order valence-corrected chi connectivity index (χ0v) is 12.3. The molecule has 0 unspecified atom stereocenters. The van der Waals surface area contributed by atoms with Crippen LogP contribution in [0.3, 0.4) is 0 Å². The molecule has 1 aliphatic rings. The highest BCUT2D eigenvalue weighted by Gasteiger charge is 2.19. The van der Waals surface area contributed by atoms with Gasteiger partial charge in [-0.25, -0.2) is 0 Å². The lowest BCUT2D eigenvalue weighted by atomic mass is 10.0. The highest BCUT2D eigenvalue weighted by atomic mass is 16.5. The van der Waals surface area contributed by atoms with Crippen LogP contribution in [-0.4, -0.2) is 44.3 Å². The van der Waals surface area contributed by atoms with Crippen LogP contribution < -0.4 is 0 Å². The SMILES string of the molecule is COC(=O)Cc1ccccc1CN(C)C1CCOCC1. The van der Waals surface area contributed by atoms with Crippen LogP contribution in [0.2, 0.25) is 0 Å². The van der Waals surface area contributed by atoms with Gasteiger partial charge in [0.05, 0.1) is 13.5 Å². The molecule has 0 aromatic heterocycles. The topological polar surface area (TPSA) is 38.8 Å². The third-order valence-corrected chi connectivity index (χ3v) is 3.91. The lowest BCUT2D eigenvalue weighted by Crippen LogP contribution is -2.36. The summed E-state index contributed by atoms with van der Waals surface area (Å²) >= 11 is 0. The maximum atomic E-state index is 11.5. The lowest BCUT2D eigenvalue weighted by molar-refractivity contribution is -0.139. The molecule has 0 radical (unpaired) electrons. The van der Waals surface area contributed by atoms with Crippen molar-refractivity contribution in [2.24, 2.45) is 0 Å². The summed E-state index contributed by atoms with van der Waals surface area (Å²) in [4.78, 5) is 13.8. The molecule has 0 saturated carbocycles. The monoisotopic (exact) mass is 277 g/mol. The van der Waals surface area contributed by atoms with Gasteiger partial charge in [0.2, 0.25) is 0 Å². The Morgan fingerprint density at radius 3 is 2.60 bits per heavy atom. The van der Waals surface area contributed by atoms with Gasteiger partial charge >= 0.3 is 5.97 Å². The Morgan fingerprint density at radius 1 is 1.30 bits per heavy atom. The minimum atomic E-state index is -0.189. The first-order chi connectivity index (χ1) is 9.70. The van der Waals surface area contributed by atoms with Gasteiger partial charge in [0, 0.05) is 25.8 Å². The van der Waals surface area contributed by atoms with E-state index in [0.29, 0.717) is 12.5 Å². The average molecular weight is 277 g/mol. The summed E-state index contributed by atoms with van der Waals surface area (Å²) < 4.78 is 10.2. The first-order valence-electron chi connectivity index (χ1n) is 7.12. The molecular formula is C16H23NO3. The van der Waals surface area contributed by atoms with Gasteiger partial charge in [-0.1, -0.05) is 24.3 Å². The first kappa shape index (κ1) is 15.0. The summed E-state index contributed by atoms with van der Waals surface area (Å²) in [5.74, 6) is -0.189. The number of carbonyl (C=O) groups is 1. The third-order valence-electron chi connectivity index (χ3n) is 3.91. The number of rotatable bonds is 5. The molecule has 0 bridgehead atoms. The van der Waals surface area contributed by atoms with Crippen molar-refractivity contribution in [2.45, 2.75) is 31.8 Å². The molecule has 0 aliphatic carbocycles. The molecule has 0 N–H and O–H groups in total. The maximum Gasteiger partial charge on any atom is 0.309 e. The van der Waals surface area contributed by atoms with Crippen molar-refractivity contribution in [3.8, 4) is 0 Å². The van der Waals surface area contributed by atoms with Crippen molar-refractivity contribution in [1.82, 2.24) is 4.90 Å². The van der Waals surface area contributed by atoms with Crippen LogP contribution in [0.25, 0.3) is 0 Å². The molecule has 0 spiro atoms. The number of methoxy groups -OCH3 is 1. The molecule has 1 aliphatic heterocycles. The number of benzene rings is 1. The Morgan fingerprint density at radius 2 is 1.95 bits per heavy atom. The number of nitrogens with zero attached hydrogens (tertiary/aromatic N) is 1. The van der Waals surface area contributed by atoms with E-state index in [1.54, 1.807) is 0 Å². The molecule has 0 amide bonds. The number of carbonyl (C=O) groups excluding carboxylic acids is 1. The van der Waals surface area contributed by atoms with Gasteiger partial charge in [-0.3, -0.25) is 9.69 Å². The summed E-state index contributed by atoms with van der Waals surface area (Å²) in [5, 5.41) is 0. The fourth-order valence-electron chi connectivity index (χ4n) is 2.64. The lowest BCUT2D eigenvalue weighted by Gasteiger charge is -2.31. The second-order valence-electron chi connectivity index (χ2n) is 5.28. The number of esters is 1. The normalized spacial score (nSPS) is 16.4. The largest absolute Gasteiger partial charge is 0.469 e. The zero-order chi connectivity index (χ0) is 14.4. The van der Waals surface area contributed by atoms with Crippen LogP contribution in [0, 0.1) is 0 Å². The van der Waals surface area contributed by atoms with Crippen molar-refractivity contribution in [3.63, 3.8) is 0 Å². The van der Waals surface area contributed by atoms with Crippen molar-refractivity contribution < 1.29 is 14.3 Å². The highest BCUT2D eigenvalue weighted by Crippen LogP contribution is 2.18. The van der Waals surface area contributed by atoms with Crippen molar-refractivity contribution in [3.05, 3.63) is 35.4 Å². The van der Waals surface area contributed by atoms with Crippen molar-refractivity contribution in [1.29, 1.82) is 0 Å². The van der Waals surface area contributed by atoms with Crippen LogP contribution in [0.15, 0.2) is 24.3 Å². The number of hydrogen-bond acceptors (Lipinski definition) is 4. The Hall–Kier alpha value is -1.39. The first-order valence-corrected chi connectivity index (χ1v) is 7.12. The highest BCUT2D eigenvalue weighted by molar-refractivity contribution is 5.72. The van der Waals surface area contributed by atoms with E-state index in [2.05, 4.69) is 18.0 Å². The van der Waals surface area contributed by atoms with E-state index in [1.165, 1.54) is 12.7 Å². The van der Waals surface area contributed by atoms with Gasteiger partial charge in [-0.2, -0.15) is 0 Å². The van der Waals surface area contributed by atoms with Crippen molar-refractivity contribution >= 4 is 5.97 Å². The van der Waals surface area contributed by atoms with Gasteiger partial charge in [-0.15, -0.1) is 0 Å². The van der Waals surface area contributed by atoms with Crippen LogP contribution in [-0.2, 0) is 27.2 Å². The maximum absolute atomic E-state index is 11.5. The standard InChI is InChI=1S/C16H23NO3/c1-17(15-7-9-20-10-8-15)12-14-6-4-3-5-13(14)11-16(18)19-2/h3-6,15H,7-12H2,1-2H3. The van der Waals surface area contributed by atoms with Gasteiger partial charge in [0.25, 0.3) is 0 Å². The van der Waals surface area contributed by atoms with Crippen molar-refractivity contribution in [2.75, 3.05) is 27.4 Å². The van der Waals surface area contributed by atoms with Gasteiger partial charge in [0.1, 0.15) is 0 Å². The molecule has 2 rings (SSSR count). The second kappa shape index (κ2) is 7.41. The molecular weight excluding hydrogens is 254 g/mol. The summed E-state index contributed by atoms with van der Waals surface area (Å²) in [7, 11) is 3.57. The Labute approximate surface area is 120 Å². The smallest absolute Gasteiger partial charge is 0.309 e.